The molecule has 1 unspecified atom stereocenters. The Hall–Kier alpha value is -0.660. The number of allylic oxidation sites excluding steroid dienone is 1. The second-order valence-electron chi connectivity index (χ2n) is 3.29. The van der Waals surface area contributed by atoms with Gasteiger partial charge >= 0.3 is 0 Å². The van der Waals surface area contributed by atoms with Gasteiger partial charge in [-0.1, -0.05) is 41.0 Å². The Kier molecular flexibility index (Phi) is 6.47. The van der Waals surface area contributed by atoms with Gasteiger partial charge in [-0.05, 0) is 5.92 Å². The van der Waals surface area contributed by atoms with Crippen LogP contribution in [0.2, 0.25) is 0 Å². The number of ether oxygens (including phenoxy) is 1. The minimum atomic E-state index is 0.234. The number of nitrogens with one attached hydrogen (secondary N) is 1. The lowest BCUT2D eigenvalue weighted by atomic mass is 10.1. The highest BCUT2D eigenvalue weighted by molar-refractivity contribution is 5.03. The van der Waals surface area contributed by atoms with Crippen LogP contribution in [-0.2, 0) is 4.74 Å². The lowest BCUT2D eigenvalue weighted by molar-refractivity contribution is 0.141. The van der Waals surface area contributed by atoms with Crippen molar-refractivity contribution in [3.8, 4) is 0 Å². The Bertz CT molecular complexity index is 152. The molecule has 1 aliphatic heterocycles. The minimum Gasteiger partial charge on any atom is -0.477 e. The molecule has 2 heteroatoms. The fraction of sp³-hybridized carbons (Fsp3) is 0.818. The SMILES string of the molecule is CC.CCCC1NC(C(C)C)=CO1. The molecule has 1 heterocycles. The van der Waals surface area contributed by atoms with Crippen molar-refractivity contribution in [2.75, 3.05) is 0 Å². The predicted molar refractivity (Wildman–Crippen MR) is 57.2 cm³/mol. The van der Waals surface area contributed by atoms with Gasteiger partial charge in [-0.25, -0.2) is 0 Å². The van der Waals surface area contributed by atoms with E-state index in [4.69, 9.17) is 4.74 Å². The maximum atomic E-state index is 5.39. The average Bonchev–Trinajstić information content (AvgIpc) is 2.57. The summed E-state index contributed by atoms with van der Waals surface area (Å²) in [4.78, 5) is 0. The van der Waals surface area contributed by atoms with Crippen LogP contribution in [0.5, 0.6) is 0 Å². The van der Waals surface area contributed by atoms with E-state index in [-0.39, 0.29) is 6.23 Å². The Labute approximate surface area is 82.4 Å². The first kappa shape index (κ1) is 12.3. The second-order valence-corrected chi connectivity index (χ2v) is 3.29. The normalized spacial score (nSPS) is 19.8. The summed E-state index contributed by atoms with van der Waals surface area (Å²) in [7, 11) is 0. The third kappa shape index (κ3) is 4.20. The van der Waals surface area contributed by atoms with Crippen LogP contribution in [0, 0.1) is 5.92 Å². The van der Waals surface area contributed by atoms with Crippen LogP contribution in [0.3, 0.4) is 0 Å². The lowest BCUT2D eigenvalue weighted by Gasteiger charge is -2.12. The van der Waals surface area contributed by atoms with Gasteiger partial charge in [-0.2, -0.15) is 0 Å². The van der Waals surface area contributed by atoms with Gasteiger partial charge in [0.1, 0.15) is 6.26 Å². The summed E-state index contributed by atoms with van der Waals surface area (Å²) in [6.07, 6.45) is 4.34. The molecule has 1 aliphatic rings. The standard InChI is InChI=1S/C9H17NO.C2H6/c1-4-5-9-10-8(6-11-9)7(2)3;1-2/h6-7,9-10H,4-5H2,1-3H3;1-2H3. The van der Waals surface area contributed by atoms with E-state index in [1.54, 1.807) is 0 Å². The van der Waals surface area contributed by atoms with Crippen LogP contribution in [0.1, 0.15) is 47.5 Å². The van der Waals surface area contributed by atoms with Crippen molar-refractivity contribution in [1.82, 2.24) is 5.32 Å². The summed E-state index contributed by atoms with van der Waals surface area (Å²) in [6.45, 7) is 10.5. The first-order valence-electron chi connectivity index (χ1n) is 5.36. The highest BCUT2D eigenvalue weighted by Gasteiger charge is 2.17. The first-order chi connectivity index (χ1) is 6.24. The van der Waals surface area contributed by atoms with Gasteiger partial charge in [0.15, 0.2) is 6.23 Å². The van der Waals surface area contributed by atoms with Gasteiger partial charge in [0.05, 0.1) is 5.70 Å². The Morgan fingerprint density at radius 3 is 2.46 bits per heavy atom. The molecule has 0 aromatic carbocycles. The van der Waals surface area contributed by atoms with Crippen LogP contribution in [-0.4, -0.2) is 6.23 Å². The summed E-state index contributed by atoms with van der Waals surface area (Å²) in [6, 6.07) is 0. The van der Waals surface area contributed by atoms with Gasteiger partial charge in [-0.15, -0.1) is 0 Å². The van der Waals surface area contributed by atoms with Crippen molar-refractivity contribution < 1.29 is 4.74 Å². The smallest absolute Gasteiger partial charge is 0.168 e. The van der Waals surface area contributed by atoms with E-state index in [1.165, 1.54) is 5.70 Å². The summed E-state index contributed by atoms with van der Waals surface area (Å²) in [5.41, 5.74) is 1.23. The fourth-order valence-corrected chi connectivity index (χ4v) is 1.11. The molecule has 0 aromatic heterocycles. The van der Waals surface area contributed by atoms with Crippen LogP contribution < -0.4 is 5.32 Å². The molecule has 0 aromatic rings. The van der Waals surface area contributed by atoms with E-state index >= 15 is 0 Å². The fourth-order valence-electron chi connectivity index (χ4n) is 1.11. The quantitative estimate of drug-likeness (QED) is 0.728. The maximum absolute atomic E-state index is 5.39. The summed E-state index contributed by atoms with van der Waals surface area (Å²) >= 11 is 0. The van der Waals surface area contributed by atoms with Gasteiger partial charge in [0.2, 0.25) is 0 Å². The minimum absolute atomic E-state index is 0.234. The number of hydrogen-bond acceptors (Lipinski definition) is 2. The highest BCUT2D eigenvalue weighted by atomic mass is 16.5. The second kappa shape index (κ2) is 6.81. The first-order valence-corrected chi connectivity index (χ1v) is 5.36. The number of rotatable bonds is 3. The monoisotopic (exact) mass is 185 g/mol. The van der Waals surface area contributed by atoms with Crippen LogP contribution in [0.25, 0.3) is 0 Å². The third-order valence-corrected chi connectivity index (χ3v) is 1.86. The average molecular weight is 185 g/mol. The molecule has 1 N–H and O–H groups in total. The van der Waals surface area contributed by atoms with Crippen molar-refractivity contribution in [2.24, 2.45) is 5.92 Å². The topological polar surface area (TPSA) is 21.3 Å². The number of hydrogen-bond donors (Lipinski definition) is 1. The molecule has 13 heavy (non-hydrogen) atoms. The molecule has 1 rings (SSSR count). The lowest BCUT2D eigenvalue weighted by Crippen LogP contribution is -2.25. The molecule has 0 bridgehead atoms. The zero-order valence-corrected chi connectivity index (χ0v) is 9.55. The van der Waals surface area contributed by atoms with Crippen LogP contribution in [0.4, 0.5) is 0 Å². The molecule has 0 fully saturated rings. The largest absolute Gasteiger partial charge is 0.477 e. The Balaban J connectivity index is 0.000000671. The summed E-state index contributed by atoms with van der Waals surface area (Å²) < 4.78 is 5.39. The Morgan fingerprint density at radius 1 is 1.46 bits per heavy atom. The molecule has 0 amide bonds. The van der Waals surface area contributed by atoms with E-state index < -0.39 is 0 Å². The molecular formula is C11H23NO. The zero-order chi connectivity index (χ0) is 10.3. The van der Waals surface area contributed by atoms with Crippen molar-refractivity contribution in [3.05, 3.63) is 12.0 Å². The van der Waals surface area contributed by atoms with E-state index in [0.717, 1.165) is 12.8 Å². The van der Waals surface area contributed by atoms with E-state index in [0.29, 0.717) is 5.92 Å². The van der Waals surface area contributed by atoms with E-state index in [1.807, 2.05) is 20.1 Å². The molecular weight excluding hydrogens is 162 g/mol. The van der Waals surface area contributed by atoms with E-state index in [2.05, 4.69) is 26.1 Å². The van der Waals surface area contributed by atoms with Crippen LogP contribution >= 0.6 is 0 Å². The predicted octanol–water partition coefficient (Wildman–Crippen LogP) is 3.26. The molecule has 0 radical (unpaired) electrons. The molecule has 2 nitrogen and oxygen atoms in total. The third-order valence-electron chi connectivity index (χ3n) is 1.86. The van der Waals surface area contributed by atoms with Gasteiger partial charge in [0, 0.05) is 6.42 Å². The van der Waals surface area contributed by atoms with Crippen molar-refractivity contribution in [2.45, 2.75) is 53.7 Å². The highest BCUT2D eigenvalue weighted by Crippen LogP contribution is 2.16. The van der Waals surface area contributed by atoms with Gasteiger partial charge in [-0.3, -0.25) is 0 Å². The summed E-state index contributed by atoms with van der Waals surface area (Å²) in [5.74, 6) is 0.553. The summed E-state index contributed by atoms with van der Waals surface area (Å²) in [5, 5.41) is 3.33. The molecule has 0 aliphatic carbocycles. The zero-order valence-electron chi connectivity index (χ0n) is 9.55. The molecule has 78 valence electrons. The van der Waals surface area contributed by atoms with Crippen molar-refractivity contribution in [1.29, 1.82) is 0 Å². The molecule has 0 spiro atoms. The molecule has 1 atom stereocenters. The van der Waals surface area contributed by atoms with E-state index in [9.17, 15) is 0 Å². The Morgan fingerprint density at radius 2 is 2.08 bits per heavy atom. The van der Waals surface area contributed by atoms with Crippen molar-refractivity contribution >= 4 is 0 Å². The van der Waals surface area contributed by atoms with Crippen molar-refractivity contribution in [3.63, 3.8) is 0 Å². The van der Waals surface area contributed by atoms with Crippen LogP contribution in [0.15, 0.2) is 12.0 Å². The molecule has 0 saturated heterocycles. The van der Waals surface area contributed by atoms with Gasteiger partial charge < -0.3 is 10.1 Å². The molecule has 0 saturated carbocycles. The maximum Gasteiger partial charge on any atom is 0.168 e. The van der Waals surface area contributed by atoms with Gasteiger partial charge in [0.25, 0.3) is 0 Å².